The largest absolute Gasteiger partial charge is 0.456 e. The summed E-state index contributed by atoms with van der Waals surface area (Å²) in [4.78, 5) is 15.1. The minimum atomic E-state index is 0.601. The van der Waals surface area contributed by atoms with E-state index in [1.807, 2.05) is 72.8 Å². The summed E-state index contributed by atoms with van der Waals surface area (Å²) < 4.78 is 6.68. The molecular formula is C47H29N3O. The van der Waals surface area contributed by atoms with Gasteiger partial charge in [0.2, 0.25) is 0 Å². The normalized spacial score (nSPS) is 11.7. The predicted octanol–water partition coefficient (Wildman–Crippen LogP) is 12.3. The third kappa shape index (κ3) is 4.96. The van der Waals surface area contributed by atoms with Gasteiger partial charge in [0, 0.05) is 27.6 Å². The van der Waals surface area contributed by atoms with Gasteiger partial charge < -0.3 is 4.74 Å². The maximum absolute atomic E-state index is 6.68. The molecule has 238 valence electrons. The average Bonchev–Trinajstić information content (AvgIpc) is 3.21. The lowest BCUT2D eigenvalue weighted by Gasteiger charge is -2.24. The second-order valence-electron chi connectivity index (χ2n) is 12.8. The second-order valence-corrected chi connectivity index (χ2v) is 12.8. The molecule has 0 fully saturated rings. The Morgan fingerprint density at radius 1 is 0.314 bits per heavy atom. The number of ether oxygens (including phenoxy) is 1. The molecule has 9 aromatic rings. The maximum Gasteiger partial charge on any atom is 0.164 e. The Kier molecular flexibility index (Phi) is 6.78. The minimum absolute atomic E-state index is 0.601. The van der Waals surface area contributed by atoms with Gasteiger partial charge in [-0.2, -0.15) is 0 Å². The summed E-state index contributed by atoms with van der Waals surface area (Å²) in [5, 5.41) is 4.71. The number of fused-ring (bicyclic) bond motifs is 3. The molecule has 0 saturated heterocycles. The van der Waals surface area contributed by atoms with Gasteiger partial charge in [-0.15, -0.1) is 0 Å². The highest BCUT2D eigenvalue weighted by Gasteiger charge is 2.26. The van der Waals surface area contributed by atoms with Gasteiger partial charge in [-0.25, -0.2) is 15.0 Å². The van der Waals surface area contributed by atoms with Crippen molar-refractivity contribution in [3.63, 3.8) is 0 Å². The van der Waals surface area contributed by atoms with Gasteiger partial charge in [0.05, 0.1) is 0 Å². The summed E-state index contributed by atoms with van der Waals surface area (Å²) >= 11 is 0. The first-order valence-electron chi connectivity index (χ1n) is 17.1. The first kappa shape index (κ1) is 29.0. The Balaban J connectivity index is 1.12. The fourth-order valence-corrected chi connectivity index (χ4v) is 7.35. The molecule has 0 atom stereocenters. The summed E-state index contributed by atoms with van der Waals surface area (Å²) in [6.07, 6.45) is 0. The van der Waals surface area contributed by atoms with Crippen molar-refractivity contribution in [1.29, 1.82) is 0 Å². The molecule has 2 heterocycles. The molecule has 0 bridgehead atoms. The fourth-order valence-electron chi connectivity index (χ4n) is 7.35. The van der Waals surface area contributed by atoms with E-state index in [0.717, 1.165) is 61.2 Å². The van der Waals surface area contributed by atoms with Crippen LogP contribution < -0.4 is 4.74 Å². The standard InChI is InChI=1S/C47H29N3O/c1-3-13-33(14-4-1)45-48-46(34-15-5-2-6-16-34)50-47(49-45)40-22-11-23-41-44(40)39-21-10-20-38-37(28-29-42(51-41)43(38)39)32-26-24-31(25-27-32)36-19-9-17-30-12-7-8-18-35(30)36/h1-29H. The Hall–Kier alpha value is -6.91. The van der Waals surface area contributed by atoms with Gasteiger partial charge in [-0.1, -0.05) is 164 Å². The lowest BCUT2D eigenvalue weighted by atomic mass is 9.88. The monoisotopic (exact) mass is 651 g/mol. The van der Waals surface area contributed by atoms with Gasteiger partial charge in [0.25, 0.3) is 0 Å². The number of rotatable bonds is 5. The van der Waals surface area contributed by atoms with Crippen molar-refractivity contribution in [2.24, 2.45) is 0 Å². The molecule has 0 N–H and O–H groups in total. The van der Waals surface area contributed by atoms with Gasteiger partial charge in [0.15, 0.2) is 17.5 Å². The Labute approximate surface area is 295 Å². The van der Waals surface area contributed by atoms with E-state index in [1.54, 1.807) is 0 Å². The molecule has 4 nitrogen and oxygen atoms in total. The quantitative estimate of drug-likeness (QED) is 0.186. The van der Waals surface area contributed by atoms with E-state index in [2.05, 4.69) is 103 Å². The summed E-state index contributed by atoms with van der Waals surface area (Å²) in [7, 11) is 0. The summed E-state index contributed by atoms with van der Waals surface area (Å²) in [6.45, 7) is 0. The highest BCUT2D eigenvalue weighted by molar-refractivity contribution is 6.12. The zero-order valence-corrected chi connectivity index (χ0v) is 27.5. The Morgan fingerprint density at radius 3 is 1.57 bits per heavy atom. The van der Waals surface area contributed by atoms with E-state index in [1.165, 1.54) is 21.9 Å². The van der Waals surface area contributed by atoms with E-state index in [0.29, 0.717) is 17.5 Å². The first-order chi connectivity index (χ1) is 25.3. The molecule has 1 aromatic heterocycles. The van der Waals surface area contributed by atoms with Gasteiger partial charge >= 0.3 is 0 Å². The van der Waals surface area contributed by atoms with E-state index in [9.17, 15) is 0 Å². The summed E-state index contributed by atoms with van der Waals surface area (Å²) in [6, 6.07) is 61.0. The molecule has 0 radical (unpaired) electrons. The third-order valence-corrected chi connectivity index (χ3v) is 9.75. The van der Waals surface area contributed by atoms with Crippen molar-refractivity contribution in [1.82, 2.24) is 15.0 Å². The van der Waals surface area contributed by atoms with Gasteiger partial charge in [-0.3, -0.25) is 0 Å². The third-order valence-electron chi connectivity index (χ3n) is 9.75. The molecular weight excluding hydrogens is 623 g/mol. The van der Waals surface area contributed by atoms with Crippen LogP contribution in [0, 0.1) is 0 Å². The highest BCUT2D eigenvalue weighted by Crippen LogP contribution is 2.51. The predicted molar refractivity (Wildman–Crippen MR) is 208 cm³/mol. The number of hydrogen-bond acceptors (Lipinski definition) is 4. The summed E-state index contributed by atoms with van der Waals surface area (Å²) in [5.41, 5.74) is 9.57. The highest BCUT2D eigenvalue weighted by atomic mass is 16.5. The van der Waals surface area contributed by atoms with Crippen LogP contribution in [-0.4, -0.2) is 15.0 Å². The Bertz CT molecular complexity index is 2700. The van der Waals surface area contributed by atoms with E-state index in [4.69, 9.17) is 19.7 Å². The van der Waals surface area contributed by atoms with Crippen LogP contribution in [0.25, 0.3) is 89.1 Å². The zero-order valence-electron chi connectivity index (χ0n) is 27.5. The number of nitrogens with zero attached hydrogens (tertiary/aromatic N) is 3. The van der Waals surface area contributed by atoms with Crippen molar-refractivity contribution >= 4 is 21.5 Å². The second kappa shape index (κ2) is 11.9. The van der Waals surface area contributed by atoms with Crippen molar-refractivity contribution in [3.05, 3.63) is 176 Å². The van der Waals surface area contributed by atoms with Crippen molar-refractivity contribution < 1.29 is 4.74 Å². The molecule has 0 spiro atoms. The molecule has 0 unspecified atom stereocenters. The van der Waals surface area contributed by atoms with E-state index >= 15 is 0 Å². The molecule has 0 aliphatic carbocycles. The number of benzene rings is 8. The van der Waals surface area contributed by atoms with Crippen molar-refractivity contribution in [2.75, 3.05) is 0 Å². The molecule has 0 amide bonds. The lowest BCUT2D eigenvalue weighted by Crippen LogP contribution is -2.03. The van der Waals surface area contributed by atoms with Gasteiger partial charge in [0.1, 0.15) is 11.5 Å². The average molecular weight is 652 g/mol. The SMILES string of the molecule is c1ccc(-c2nc(-c3ccccc3)nc(-c3cccc4c3-c3cccc5c(-c6ccc(-c7cccc8ccccc78)cc6)ccc(c35)O4)n2)cc1. The van der Waals surface area contributed by atoms with Crippen LogP contribution in [0.15, 0.2) is 176 Å². The lowest BCUT2D eigenvalue weighted by molar-refractivity contribution is 0.487. The van der Waals surface area contributed by atoms with Crippen LogP contribution in [-0.2, 0) is 0 Å². The molecule has 10 rings (SSSR count). The summed E-state index contributed by atoms with van der Waals surface area (Å²) in [5.74, 6) is 3.47. The topological polar surface area (TPSA) is 47.9 Å². The molecule has 51 heavy (non-hydrogen) atoms. The van der Waals surface area contributed by atoms with Crippen LogP contribution in [0.4, 0.5) is 0 Å². The van der Waals surface area contributed by atoms with Crippen LogP contribution in [0.2, 0.25) is 0 Å². The molecule has 1 aliphatic rings. The van der Waals surface area contributed by atoms with E-state index in [-0.39, 0.29) is 0 Å². The molecule has 8 aromatic carbocycles. The molecule has 1 aliphatic heterocycles. The fraction of sp³-hybridized carbons (Fsp3) is 0. The molecule has 4 heteroatoms. The number of aromatic nitrogens is 3. The van der Waals surface area contributed by atoms with Crippen LogP contribution in [0.5, 0.6) is 11.5 Å². The minimum Gasteiger partial charge on any atom is -0.456 e. The smallest absolute Gasteiger partial charge is 0.164 e. The van der Waals surface area contributed by atoms with Crippen molar-refractivity contribution in [3.8, 4) is 79.0 Å². The Morgan fingerprint density at radius 2 is 0.843 bits per heavy atom. The first-order valence-corrected chi connectivity index (χ1v) is 17.1. The van der Waals surface area contributed by atoms with Crippen LogP contribution >= 0.6 is 0 Å². The van der Waals surface area contributed by atoms with Gasteiger partial charge in [-0.05, 0) is 56.1 Å². The molecule has 0 saturated carbocycles. The number of hydrogen-bond donors (Lipinski definition) is 0. The van der Waals surface area contributed by atoms with Crippen LogP contribution in [0.3, 0.4) is 0 Å². The maximum atomic E-state index is 6.68. The van der Waals surface area contributed by atoms with E-state index < -0.39 is 0 Å². The van der Waals surface area contributed by atoms with Crippen molar-refractivity contribution in [2.45, 2.75) is 0 Å². The van der Waals surface area contributed by atoms with Crippen LogP contribution in [0.1, 0.15) is 0 Å². The zero-order chi connectivity index (χ0) is 33.7.